The number of halogens is 1. The molecule has 2 nitrogen and oxygen atoms in total. The summed E-state index contributed by atoms with van der Waals surface area (Å²) in [5, 5.41) is 3.13. The van der Waals surface area contributed by atoms with Crippen LogP contribution in [-0.2, 0) is 13.2 Å². The third-order valence-electron chi connectivity index (χ3n) is 2.63. The Balaban J connectivity index is 2.02. The lowest BCUT2D eigenvalue weighted by Gasteiger charge is -2.09. The summed E-state index contributed by atoms with van der Waals surface area (Å²) in [7, 11) is 1.94. The summed E-state index contributed by atoms with van der Waals surface area (Å²) in [5.74, 6) is 0.901. The number of benzene rings is 2. The fraction of sp³-hybridized carbons (Fsp3) is 0.200. The molecule has 0 heterocycles. The van der Waals surface area contributed by atoms with Crippen LogP contribution in [-0.4, -0.2) is 7.05 Å². The molecule has 0 unspecified atom stereocenters. The van der Waals surface area contributed by atoms with Gasteiger partial charge >= 0.3 is 0 Å². The molecule has 0 aliphatic carbocycles. The Morgan fingerprint density at radius 1 is 1.11 bits per heavy atom. The van der Waals surface area contributed by atoms with Crippen molar-refractivity contribution in [2.75, 3.05) is 7.05 Å². The highest BCUT2D eigenvalue weighted by molar-refractivity contribution is 9.10. The highest BCUT2D eigenvalue weighted by Crippen LogP contribution is 2.19. The van der Waals surface area contributed by atoms with E-state index in [4.69, 9.17) is 4.74 Å². The molecular weight excluding hydrogens is 290 g/mol. The molecule has 0 aliphatic heterocycles. The summed E-state index contributed by atoms with van der Waals surface area (Å²) < 4.78 is 6.88. The smallest absolute Gasteiger partial charge is 0.120 e. The predicted octanol–water partition coefficient (Wildman–Crippen LogP) is 3.75. The first-order chi connectivity index (χ1) is 8.79. The van der Waals surface area contributed by atoms with Crippen LogP contribution >= 0.6 is 15.9 Å². The number of hydrogen-bond acceptors (Lipinski definition) is 2. The lowest BCUT2D eigenvalue weighted by atomic mass is 10.2. The predicted molar refractivity (Wildman–Crippen MR) is 77.7 cm³/mol. The minimum Gasteiger partial charge on any atom is -0.489 e. The number of ether oxygens (including phenoxy) is 1. The van der Waals surface area contributed by atoms with Gasteiger partial charge in [0.1, 0.15) is 12.4 Å². The van der Waals surface area contributed by atoms with Crippen molar-refractivity contribution in [3.05, 3.63) is 64.1 Å². The molecule has 0 saturated heterocycles. The fourth-order valence-electron chi connectivity index (χ4n) is 1.73. The van der Waals surface area contributed by atoms with E-state index in [9.17, 15) is 0 Å². The number of hydrogen-bond donors (Lipinski definition) is 1. The van der Waals surface area contributed by atoms with E-state index in [0.717, 1.165) is 22.3 Å². The van der Waals surface area contributed by atoms with Crippen LogP contribution in [0.15, 0.2) is 53.0 Å². The third kappa shape index (κ3) is 3.59. The van der Waals surface area contributed by atoms with E-state index in [2.05, 4.69) is 39.4 Å². The summed E-state index contributed by atoms with van der Waals surface area (Å²) in [6.45, 7) is 1.43. The zero-order valence-electron chi connectivity index (χ0n) is 10.3. The van der Waals surface area contributed by atoms with E-state index >= 15 is 0 Å². The maximum Gasteiger partial charge on any atom is 0.120 e. The molecule has 0 fully saturated rings. The largest absolute Gasteiger partial charge is 0.489 e. The Labute approximate surface area is 116 Å². The van der Waals surface area contributed by atoms with Crippen molar-refractivity contribution in [1.82, 2.24) is 5.32 Å². The highest BCUT2D eigenvalue weighted by atomic mass is 79.9. The second kappa shape index (κ2) is 6.57. The van der Waals surface area contributed by atoms with Gasteiger partial charge in [0.25, 0.3) is 0 Å². The number of rotatable bonds is 5. The van der Waals surface area contributed by atoms with Gasteiger partial charge in [-0.2, -0.15) is 0 Å². The molecule has 0 radical (unpaired) electrons. The van der Waals surface area contributed by atoms with Crippen LogP contribution in [0.5, 0.6) is 5.75 Å². The van der Waals surface area contributed by atoms with Crippen LogP contribution in [0, 0.1) is 0 Å². The van der Waals surface area contributed by atoms with E-state index < -0.39 is 0 Å². The Morgan fingerprint density at radius 2 is 1.94 bits per heavy atom. The van der Waals surface area contributed by atoms with Gasteiger partial charge in [-0.3, -0.25) is 0 Å². The molecule has 0 amide bonds. The van der Waals surface area contributed by atoms with Gasteiger partial charge in [0.15, 0.2) is 0 Å². The monoisotopic (exact) mass is 305 g/mol. The van der Waals surface area contributed by atoms with E-state index in [0.29, 0.717) is 6.61 Å². The Bertz CT molecular complexity index is 513. The van der Waals surface area contributed by atoms with Gasteiger partial charge < -0.3 is 10.1 Å². The molecule has 0 spiro atoms. The van der Waals surface area contributed by atoms with Gasteiger partial charge in [0.2, 0.25) is 0 Å². The van der Waals surface area contributed by atoms with Crippen molar-refractivity contribution in [3.63, 3.8) is 0 Å². The average molecular weight is 306 g/mol. The van der Waals surface area contributed by atoms with Crippen molar-refractivity contribution < 1.29 is 4.74 Å². The lowest BCUT2D eigenvalue weighted by Crippen LogP contribution is -2.05. The first-order valence-corrected chi connectivity index (χ1v) is 6.68. The maximum atomic E-state index is 5.80. The van der Waals surface area contributed by atoms with Gasteiger partial charge in [-0.05, 0) is 30.8 Å². The van der Waals surface area contributed by atoms with Crippen LogP contribution in [0.25, 0.3) is 0 Å². The summed E-state index contributed by atoms with van der Waals surface area (Å²) in [6.07, 6.45) is 0. The molecule has 3 heteroatoms. The van der Waals surface area contributed by atoms with Crippen molar-refractivity contribution in [2.24, 2.45) is 0 Å². The summed E-state index contributed by atoms with van der Waals surface area (Å²) in [6, 6.07) is 16.2. The van der Waals surface area contributed by atoms with Crippen LogP contribution in [0.1, 0.15) is 11.1 Å². The van der Waals surface area contributed by atoms with E-state index in [-0.39, 0.29) is 0 Å². The van der Waals surface area contributed by atoms with Crippen LogP contribution in [0.4, 0.5) is 0 Å². The normalized spacial score (nSPS) is 10.3. The van der Waals surface area contributed by atoms with Crippen molar-refractivity contribution in [2.45, 2.75) is 13.2 Å². The van der Waals surface area contributed by atoms with Crippen molar-refractivity contribution in [1.29, 1.82) is 0 Å². The zero-order chi connectivity index (χ0) is 12.8. The maximum absolute atomic E-state index is 5.80. The van der Waals surface area contributed by atoms with Crippen molar-refractivity contribution >= 4 is 15.9 Å². The van der Waals surface area contributed by atoms with Gasteiger partial charge in [-0.15, -0.1) is 0 Å². The Morgan fingerprint density at radius 3 is 2.72 bits per heavy atom. The average Bonchev–Trinajstić information content (AvgIpc) is 2.39. The first kappa shape index (κ1) is 13.1. The molecule has 0 bridgehead atoms. The second-order valence-electron chi connectivity index (χ2n) is 4.06. The van der Waals surface area contributed by atoms with Gasteiger partial charge in [-0.1, -0.05) is 46.3 Å². The molecule has 18 heavy (non-hydrogen) atoms. The van der Waals surface area contributed by atoms with E-state index in [1.807, 2.05) is 37.4 Å². The molecule has 94 valence electrons. The third-order valence-corrected chi connectivity index (χ3v) is 3.41. The molecule has 2 rings (SSSR count). The Kier molecular flexibility index (Phi) is 4.79. The first-order valence-electron chi connectivity index (χ1n) is 5.89. The highest BCUT2D eigenvalue weighted by Gasteiger charge is 2.00. The molecular formula is C15H16BrNO. The van der Waals surface area contributed by atoms with Crippen LogP contribution in [0.2, 0.25) is 0 Å². The minimum absolute atomic E-state index is 0.574. The lowest BCUT2D eigenvalue weighted by molar-refractivity contribution is 0.305. The summed E-state index contributed by atoms with van der Waals surface area (Å²) >= 11 is 3.52. The summed E-state index contributed by atoms with van der Waals surface area (Å²) in [5.41, 5.74) is 2.37. The van der Waals surface area contributed by atoms with Gasteiger partial charge in [0, 0.05) is 16.6 Å². The molecule has 1 N–H and O–H groups in total. The van der Waals surface area contributed by atoms with Crippen molar-refractivity contribution in [3.8, 4) is 5.75 Å². The summed E-state index contributed by atoms with van der Waals surface area (Å²) in [4.78, 5) is 0. The Hall–Kier alpha value is -1.32. The molecule has 0 atom stereocenters. The van der Waals surface area contributed by atoms with Gasteiger partial charge in [0.05, 0.1) is 0 Å². The quantitative estimate of drug-likeness (QED) is 0.908. The molecule has 0 saturated carbocycles. The molecule has 2 aromatic rings. The SMILES string of the molecule is CNCc1cccc(OCc2ccccc2Br)c1. The molecule has 2 aromatic carbocycles. The standard InChI is InChI=1S/C15H16BrNO/c1-17-10-12-5-4-7-14(9-12)18-11-13-6-2-3-8-15(13)16/h2-9,17H,10-11H2,1H3. The topological polar surface area (TPSA) is 21.3 Å². The van der Waals surface area contributed by atoms with Crippen LogP contribution in [0.3, 0.4) is 0 Å². The zero-order valence-corrected chi connectivity index (χ0v) is 11.9. The number of nitrogens with one attached hydrogen (secondary N) is 1. The van der Waals surface area contributed by atoms with E-state index in [1.165, 1.54) is 5.56 Å². The van der Waals surface area contributed by atoms with Gasteiger partial charge in [-0.25, -0.2) is 0 Å². The van der Waals surface area contributed by atoms with Crippen LogP contribution < -0.4 is 10.1 Å². The molecule has 0 aromatic heterocycles. The molecule has 0 aliphatic rings. The minimum atomic E-state index is 0.574. The second-order valence-corrected chi connectivity index (χ2v) is 4.91. The van der Waals surface area contributed by atoms with E-state index in [1.54, 1.807) is 0 Å². The fourth-order valence-corrected chi connectivity index (χ4v) is 2.13.